The predicted octanol–water partition coefficient (Wildman–Crippen LogP) is -0.132. The fourth-order valence-electron chi connectivity index (χ4n) is 4.03. The van der Waals surface area contributed by atoms with Gasteiger partial charge in [-0.05, 0) is 12.8 Å². The number of nitrogen functional groups attached to an aromatic ring is 1. The topological polar surface area (TPSA) is 143 Å². The van der Waals surface area contributed by atoms with Gasteiger partial charge < -0.3 is 19.9 Å². The Kier molecular flexibility index (Phi) is 8.64. The summed E-state index contributed by atoms with van der Waals surface area (Å²) in [4.78, 5) is 46.3. The van der Waals surface area contributed by atoms with Crippen LogP contribution in [0.5, 0.6) is 0 Å². The van der Waals surface area contributed by atoms with Gasteiger partial charge in [0, 0.05) is 59.0 Å². The van der Waals surface area contributed by atoms with E-state index in [2.05, 4.69) is 15.0 Å². The summed E-state index contributed by atoms with van der Waals surface area (Å²) in [7, 11) is 1.52. The highest BCUT2D eigenvalue weighted by Crippen LogP contribution is 2.18. The molecule has 3 rings (SSSR count). The molecule has 188 valence electrons. The average Bonchev–Trinajstić information content (AvgIpc) is 3.19. The van der Waals surface area contributed by atoms with E-state index >= 15 is 0 Å². The number of aromatic amines is 1. The van der Waals surface area contributed by atoms with Crippen molar-refractivity contribution in [2.24, 2.45) is 5.92 Å². The summed E-state index contributed by atoms with van der Waals surface area (Å²) < 4.78 is 11.6. The number of rotatable bonds is 10. The molecular formula is C22H35N7O5. The van der Waals surface area contributed by atoms with Gasteiger partial charge in [0.2, 0.25) is 5.91 Å². The number of amides is 1. The minimum absolute atomic E-state index is 0.0117. The highest BCUT2D eigenvalue weighted by atomic mass is 16.5. The second-order valence-corrected chi connectivity index (χ2v) is 9.02. The van der Waals surface area contributed by atoms with Crippen LogP contribution in [0.25, 0.3) is 0 Å². The van der Waals surface area contributed by atoms with E-state index in [-0.39, 0.29) is 43.0 Å². The first-order valence-corrected chi connectivity index (χ1v) is 11.5. The molecule has 12 heteroatoms. The first kappa shape index (κ1) is 25.7. The van der Waals surface area contributed by atoms with Gasteiger partial charge in [0.15, 0.2) is 5.69 Å². The van der Waals surface area contributed by atoms with Gasteiger partial charge in [0.1, 0.15) is 11.6 Å². The first-order valence-electron chi connectivity index (χ1n) is 11.5. The van der Waals surface area contributed by atoms with E-state index in [0.717, 1.165) is 24.5 Å². The molecular weight excluding hydrogens is 442 g/mol. The number of anilines is 2. The SMILES string of the molecule is COCCN(C(=O)CN1CCN(Cc2cc(C)on2)CC1)c1c(N)n(CC(C)C)c(=O)[nH]c1=O. The molecule has 0 bridgehead atoms. The van der Waals surface area contributed by atoms with Crippen LogP contribution in [0.1, 0.15) is 25.3 Å². The quantitative estimate of drug-likeness (QED) is 0.478. The van der Waals surface area contributed by atoms with Crippen molar-refractivity contribution in [3.05, 3.63) is 38.4 Å². The molecule has 3 heterocycles. The molecule has 1 amide bonds. The Bertz CT molecular complexity index is 1080. The molecule has 34 heavy (non-hydrogen) atoms. The summed E-state index contributed by atoms with van der Waals surface area (Å²) in [5, 5.41) is 4.04. The maximum Gasteiger partial charge on any atom is 0.330 e. The van der Waals surface area contributed by atoms with Crippen molar-refractivity contribution in [3.63, 3.8) is 0 Å². The third-order valence-corrected chi connectivity index (χ3v) is 5.74. The molecule has 1 fully saturated rings. The number of H-pyrrole nitrogens is 1. The second-order valence-electron chi connectivity index (χ2n) is 9.02. The summed E-state index contributed by atoms with van der Waals surface area (Å²) in [5.41, 5.74) is 5.85. The third kappa shape index (κ3) is 6.33. The lowest BCUT2D eigenvalue weighted by Crippen LogP contribution is -2.51. The normalized spacial score (nSPS) is 15.2. The van der Waals surface area contributed by atoms with Crippen LogP contribution in [0.15, 0.2) is 20.2 Å². The maximum absolute atomic E-state index is 13.3. The van der Waals surface area contributed by atoms with E-state index in [1.165, 1.54) is 16.6 Å². The molecule has 2 aromatic rings. The number of aryl methyl sites for hydroxylation is 1. The Morgan fingerprint density at radius 1 is 1.26 bits per heavy atom. The molecule has 0 saturated carbocycles. The van der Waals surface area contributed by atoms with E-state index in [9.17, 15) is 14.4 Å². The van der Waals surface area contributed by atoms with E-state index in [1.54, 1.807) is 0 Å². The largest absolute Gasteiger partial charge is 0.383 e. The van der Waals surface area contributed by atoms with Gasteiger partial charge in [-0.1, -0.05) is 19.0 Å². The van der Waals surface area contributed by atoms with Gasteiger partial charge in [0.05, 0.1) is 18.8 Å². The number of nitrogens with one attached hydrogen (secondary N) is 1. The molecule has 3 N–H and O–H groups in total. The third-order valence-electron chi connectivity index (χ3n) is 5.74. The minimum Gasteiger partial charge on any atom is -0.383 e. The maximum atomic E-state index is 13.3. The molecule has 0 aliphatic carbocycles. The molecule has 12 nitrogen and oxygen atoms in total. The molecule has 0 spiro atoms. The van der Waals surface area contributed by atoms with Crippen molar-refractivity contribution in [2.75, 3.05) is 63.6 Å². The number of hydrogen-bond donors (Lipinski definition) is 2. The lowest BCUT2D eigenvalue weighted by Gasteiger charge is -2.35. The van der Waals surface area contributed by atoms with E-state index in [1.807, 2.05) is 31.7 Å². The Hall–Kier alpha value is -2.96. The van der Waals surface area contributed by atoms with Crippen LogP contribution in [0.2, 0.25) is 0 Å². The number of nitrogens with two attached hydrogens (primary N) is 1. The number of nitrogens with zero attached hydrogens (tertiary/aromatic N) is 5. The van der Waals surface area contributed by atoms with Gasteiger partial charge in [-0.15, -0.1) is 0 Å². The monoisotopic (exact) mass is 477 g/mol. The van der Waals surface area contributed by atoms with Gasteiger partial charge >= 0.3 is 5.69 Å². The number of piperazine rings is 1. The average molecular weight is 478 g/mol. The van der Waals surface area contributed by atoms with Gasteiger partial charge in [-0.2, -0.15) is 0 Å². The summed E-state index contributed by atoms with van der Waals surface area (Å²) in [5.74, 6) is 0.618. The molecule has 0 atom stereocenters. The van der Waals surface area contributed by atoms with Crippen molar-refractivity contribution < 1.29 is 14.1 Å². The van der Waals surface area contributed by atoms with Gasteiger partial charge in [0.25, 0.3) is 5.56 Å². The Morgan fingerprint density at radius 2 is 1.94 bits per heavy atom. The van der Waals surface area contributed by atoms with E-state index in [4.69, 9.17) is 15.0 Å². The lowest BCUT2D eigenvalue weighted by molar-refractivity contribution is -0.120. The summed E-state index contributed by atoms with van der Waals surface area (Å²) in [6.07, 6.45) is 0. The van der Waals surface area contributed by atoms with Crippen LogP contribution in [-0.4, -0.2) is 83.4 Å². The summed E-state index contributed by atoms with van der Waals surface area (Å²) in [6, 6.07) is 1.92. The molecule has 1 saturated heterocycles. The number of carbonyl (C=O) groups excluding carboxylic acids is 1. The van der Waals surface area contributed by atoms with Crippen molar-refractivity contribution in [1.82, 2.24) is 24.5 Å². The fraction of sp³-hybridized carbons (Fsp3) is 0.636. The zero-order chi connectivity index (χ0) is 24.8. The zero-order valence-electron chi connectivity index (χ0n) is 20.4. The van der Waals surface area contributed by atoms with E-state index in [0.29, 0.717) is 26.2 Å². The second kappa shape index (κ2) is 11.4. The van der Waals surface area contributed by atoms with Gasteiger partial charge in [-0.25, -0.2) is 4.79 Å². The van der Waals surface area contributed by atoms with Crippen molar-refractivity contribution in [2.45, 2.75) is 33.9 Å². The Balaban J connectivity index is 1.72. The van der Waals surface area contributed by atoms with Crippen LogP contribution >= 0.6 is 0 Å². The number of carbonyl (C=O) groups is 1. The molecule has 0 unspecified atom stereocenters. The van der Waals surface area contributed by atoms with Crippen LogP contribution in [0.4, 0.5) is 11.5 Å². The number of methoxy groups -OCH3 is 1. The van der Waals surface area contributed by atoms with Crippen LogP contribution < -0.4 is 21.9 Å². The van der Waals surface area contributed by atoms with Gasteiger partial charge in [-0.3, -0.25) is 28.9 Å². The minimum atomic E-state index is -0.681. The first-order chi connectivity index (χ1) is 16.2. The number of aromatic nitrogens is 3. The number of hydrogen-bond acceptors (Lipinski definition) is 9. The van der Waals surface area contributed by atoms with Crippen LogP contribution in [0.3, 0.4) is 0 Å². The Labute approximate surface area is 198 Å². The highest BCUT2D eigenvalue weighted by molar-refractivity contribution is 5.96. The van der Waals surface area contributed by atoms with E-state index < -0.39 is 11.2 Å². The molecule has 0 aromatic carbocycles. The Morgan fingerprint density at radius 3 is 2.53 bits per heavy atom. The number of ether oxygens (including phenoxy) is 1. The van der Waals surface area contributed by atoms with Crippen molar-refractivity contribution in [3.8, 4) is 0 Å². The summed E-state index contributed by atoms with van der Waals surface area (Å²) >= 11 is 0. The van der Waals surface area contributed by atoms with Crippen molar-refractivity contribution in [1.29, 1.82) is 0 Å². The molecule has 1 aliphatic rings. The summed E-state index contributed by atoms with van der Waals surface area (Å²) in [6.45, 7) is 10.2. The lowest BCUT2D eigenvalue weighted by atomic mass is 10.2. The molecule has 2 aromatic heterocycles. The van der Waals surface area contributed by atoms with Crippen LogP contribution in [0, 0.1) is 12.8 Å². The molecule has 0 radical (unpaired) electrons. The highest BCUT2D eigenvalue weighted by Gasteiger charge is 2.27. The predicted molar refractivity (Wildman–Crippen MR) is 128 cm³/mol. The fourth-order valence-corrected chi connectivity index (χ4v) is 4.03. The molecule has 1 aliphatic heterocycles. The zero-order valence-corrected chi connectivity index (χ0v) is 20.4. The standard InChI is InChI=1S/C22H35N7O5/c1-15(2)12-29-20(23)19(21(31)24-22(29)32)28(9-10-33-4)18(30)14-27-7-5-26(6-8-27)13-17-11-16(3)34-25-17/h11,15H,5-10,12-14,23H2,1-4H3,(H,24,31,32). The van der Waals surface area contributed by atoms with Crippen LogP contribution in [-0.2, 0) is 22.6 Å². The smallest absolute Gasteiger partial charge is 0.330 e. The van der Waals surface area contributed by atoms with Crippen molar-refractivity contribution >= 4 is 17.4 Å².